The lowest BCUT2D eigenvalue weighted by Crippen LogP contribution is -2.42. The summed E-state index contributed by atoms with van der Waals surface area (Å²) in [5, 5.41) is 0.804. The summed E-state index contributed by atoms with van der Waals surface area (Å²) in [7, 11) is 0. The number of morpholine rings is 1. The molecule has 5 rings (SSSR count). The van der Waals surface area contributed by atoms with Crippen LogP contribution in [0.1, 0.15) is 27.7 Å². The molecule has 3 aromatic rings. The van der Waals surface area contributed by atoms with Crippen molar-refractivity contribution in [1.29, 1.82) is 0 Å². The first-order chi connectivity index (χ1) is 16.6. The number of rotatable bonds is 7. The SMILES string of the molecule is C=CCOc1ccc(C2c3c(oc4ccc(Cl)cc4c3=O)C(=O)N2CCN2CCOCC2)cc1. The van der Waals surface area contributed by atoms with E-state index in [1.165, 1.54) is 0 Å². The first kappa shape index (κ1) is 22.7. The Balaban J connectivity index is 1.56. The van der Waals surface area contributed by atoms with Crippen LogP contribution in [0.3, 0.4) is 0 Å². The van der Waals surface area contributed by atoms with Crippen LogP contribution in [0.2, 0.25) is 5.02 Å². The van der Waals surface area contributed by atoms with Crippen LogP contribution in [-0.2, 0) is 4.74 Å². The fourth-order valence-corrected chi connectivity index (χ4v) is 4.72. The Hall–Kier alpha value is -3.13. The standard InChI is InChI=1S/C26H25ClN2O5/c1-2-13-33-19-6-3-17(4-7-19)23-22-24(30)20-16-18(27)5-8-21(20)34-25(22)26(31)29(23)10-9-28-11-14-32-15-12-28/h2-8,16,23H,1,9-15H2. The van der Waals surface area contributed by atoms with E-state index >= 15 is 0 Å². The molecule has 8 heteroatoms. The minimum absolute atomic E-state index is 0.0961. The molecule has 2 aliphatic heterocycles. The van der Waals surface area contributed by atoms with Gasteiger partial charge in [0.2, 0.25) is 5.76 Å². The molecule has 1 unspecified atom stereocenters. The summed E-state index contributed by atoms with van der Waals surface area (Å²) >= 11 is 6.15. The van der Waals surface area contributed by atoms with Gasteiger partial charge in [-0.3, -0.25) is 14.5 Å². The minimum atomic E-state index is -0.559. The van der Waals surface area contributed by atoms with E-state index in [9.17, 15) is 9.59 Å². The smallest absolute Gasteiger partial charge is 0.290 e. The Labute approximate surface area is 202 Å². The first-order valence-corrected chi connectivity index (χ1v) is 11.7. The molecule has 0 radical (unpaired) electrons. The second-order valence-corrected chi connectivity index (χ2v) is 8.77. The maximum absolute atomic E-state index is 13.6. The molecule has 2 aromatic carbocycles. The first-order valence-electron chi connectivity index (χ1n) is 11.3. The van der Waals surface area contributed by atoms with Crippen LogP contribution >= 0.6 is 11.6 Å². The highest BCUT2D eigenvalue weighted by Crippen LogP contribution is 2.38. The van der Waals surface area contributed by atoms with Crippen molar-refractivity contribution < 1.29 is 18.7 Å². The Morgan fingerprint density at radius 1 is 1.09 bits per heavy atom. The summed E-state index contributed by atoms with van der Waals surface area (Å²) in [5.74, 6) is 0.498. The van der Waals surface area contributed by atoms with Crippen molar-refractivity contribution in [2.75, 3.05) is 46.0 Å². The Morgan fingerprint density at radius 3 is 2.59 bits per heavy atom. The van der Waals surface area contributed by atoms with E-state index < -0.39 is 6.04 Å². The number of benzene rings is 2. The van der Waals surface area contributed by atoms with Crippen LogP contribution in [-0.4, -0.2) is 61.7 Å². The molecule has 7 nitrogen and oxygen atoms in total. The molecule has 1 aromatic heterocycles. The van der Waals surface area contributed by atoms with Gasteiger partial charge in [-0.05, 0) is 35.9 Å². The van der Waals surface area contributed by atoms with Crippen molar-refractivity contribution in [2.24, 2.45) is 0 Å². The van der Waals surface area contributed by atoms with Gasteiger partial charge in [0.05, 0.1) is 30.2 Å². The molecule has 176 valence electrons. The van der Waals surface area contributed by atoms with Crippen LogP contribution in [0.4, 0.5) is 0 Å². The summed E-state index contributed by atoms with van der Waals surface area (Å²) in [5.41, 5.74) is 1.27. The number of fused-ring (bicyclic) bond motifs is 2. The van der Waals surface area contributed by atoms with Crippen molar-refractivity contribution in [1.82, 2.24) is 9.80 Å². The summed E-state index contributed by atoms with van der Waals surface area (Å²) < 4.78 is 17.0. The van der Waals surface area contributed by atoms with Gasteiger partial charge < -0.3 is 18.8 Å². The van der Waals surface area contributed by atoms with Gasteiger partial charge in [0, 0.05) is 31.2 Å². The summed E-state index contributed by atoms with van der Waals surface area (Å²) in [6.07, 6.45) is 1.68. The van der Waals surface area contributed by atoms with Gasteiger partial charge in [-0.15, -0.1) is 0 Å². The Morgan fingerprint density at radius 2 is 1.85 bits per heavy atom. The maximum Gasteiger partial charge on any atom is 0.290 e. The third-order valence-corrected chi connectivity index (χ3v) is 6.49. The van der Waals surface area contributed by atoms with E-state index in [0.717, 1.165) is 18.7 Å². The number of carbonyl (C=O) groups excluding carboxylic acids is 1. The molecule has 1 saturated heterocycles. The van der Waals surface area contributed by atoms with E-state index in [1.54, 1.807) is 29.2 Å². The number of hydrogen-bond acceptors (Lipinski definition) is 6. The Bertz CT molecular complexity index is 1280. The Kier molecular flexibility index (Phi) is 6.41. The van der Waals surface area contributed by atoms with Gasteiger partial charge in [0.15, 0.2) is 5.43 Å². The van der Waals surface area contributed by atoms with Crippen LogP contribution in [0.5, 0.6) is 5.75 Å². The third kappa shape index (κ3) is 4.22. The van der Waals surface area contributed by atoms with Crippen LogP contribution < -0.4 is 10.2 Å². The van der Waals surface area contributed by atoms with Gasteiger partial charge in [0.1, 0.15) is 17.9 Å². The van der Waals surface area contributed by atoms with Gasteiger partial charge in [0.25, 0.3) is 5.91 Å². The molecule has 3 heterocycles. The summed E-state index contributed by atoms with van der Waals surface area (Å²) in [4.78, 5) is 31.1. The van der Waals surface area contributed by atoms with Gasteiger partial charge in [-0.25, -0.2) is 0 Å². The number of nitrogens with zero attached hydrogens (tertiary/aromatic N) is 2. The van der Waals surface area contributed by atoms with Crippen molar-refractivity contribution in [3.8, 4) is 5.75 Å². The zero-order valence-electron chi connectivity index (χ0n) is 18.7. The highest BCUT2D eigenvalue weighted by Gasteiger charge is 2.42. The van der Waals surface area contributed by atoms with Gasteiger partial charge >= 0.3 is 0 Å². The van der Waals surface area contributed by atoms with E-state index in [1.807, 2.05) is 24.3 Å². The average molecular weight is 481 g/mol. The lowest BCUT2D eigenvalue weighted by molar-refractivity contribution is 0.0314. The lowest BCUT2D eigenvalue weighted by atomic mass is 9.98. The summed E-state index contributed by atoms with van der Waals surface area (Å²) in [6, 6.07) is 11.7. The van der Waals surface area contributed by atoms with Gasteiger partial charge in [-0.1, -0.05) is 36.4 Å². The molecule has 0 bridgehead atoms. The van der Waals surface area contributed by atoms with Crippen LogP contribution in [0.25, 0.3) is 11.0 Å². The normalized spacial score (nSPS) is 18.3. The highest BCUT2D eigenvalue weighted by atomic mass is 35.5. The second kappa shape index (κ2) is 9.62. The molecule has 1 amide bonds. The molecule has 1 atom stereocenters. The number of hydrogen-bond donors (Lipinski definition) is 0. The zero-order chi connectivity index (χ0) is 23.7. The van der Waals surface area contributed by atoms with Crippen LogP contribution in [0, 0.1) is 0 Å². The molecular weight excluding hydrogens is 456 g/mol. The van der Waals surface area contributed by atoms with E-state index in [2.05, 4.69) is 11.5 Å². The topological polar surface area (TPSA) is 72.2 Å². The summed E-state index contributed by atoms with van der Waals surface area (Å²) in [6.45, 7) is 8.18. The van der Waals surface area contributed by atoms with Gasteiger partial charge in [-0.2, -0.15) is 0 Å². The quantitative estimate of drug-likeness (QED) is 0.478. The number of amides is 1. The van der Waals surface area contributed by atoms with Crippen molar-refractivity contribution >= 4 is 28.5 Å². The molecule has 0 spiro atoms. The monoisotopic (exact) mass is 480 g/mol. The predicted octanol–water partition coefficient (Wildman–Crippen LogP) is 3.89. The molecule has 0 aliphatic carbocycles. The molecule has 1 fully saturated rings. The lowest BCUT2D eigenvalue weighted by Gasteiger charge is -2.31. The maximum atomic E-state index is 13.6. The second-order valence-electron chi connectivity index (χ2n) is 8.34. The zero-order valence-corrected chi connectivity index (χ0v) is 19.4. The van der Waals surface area contributed by atoms with E-state index in [4.69, 9.17) is 25.5 Å². The predicted molar refractivity (Wildman–Crippen MR) is 130 cm³/mol. The molecule has 0 saturated carbocycles. The molecule has 34 heavy (non-hydrogen) atoms. The van der Waals surface area contributed by atoms with E-state index in [-0.39, 0.29) is 17.1 Å². The number of ether oxygens (including phenoxy) is 2. The molecular formula is C26H25ClN2O5. The number of halogens is 1. The largest absolute Gasteiger partial charge is 0.490 e. The minimum Gasteiger partial charge on any atom is -0.490 e. The molecule has 0 N–H and O–H groups in total. The fraction of sp³-hybridized carbons (Fsp3) is 0.308. The average Bonchev–Trinajstić information content (AvgIpc) is 3.14. The third-order valence-electron chi connectivity index (χ3n) is 6.25. The fourth-order valence-electron chi connectivity index (χ4n) is 4.55. The van der Waals surface area contributed by atoms with Crippen LogP contribution in [0.15, 0.2) is 64.3 Å². The highest BCUT2D eigenvalue weighted by molar-refractivity contribution is 6.31. The number of carbonyl (C=O) groups is 1. The van der Waals surface area contributed by atoms with Crippen molar-refractivity contribution in [2.45, 2.75) is 6.04 Å². The molecule has 2 aliphatic rings. The van der Waals surface area contributed by atoms with E-state index in [0.29, 0.717) is 60.2 Å². The van der Waals surface area contributed by atoms with Crippen molar-refractivity contribution in [3.63, 3.8) is 0 Å². The van der Waals surface area contributed by atoms with Crippen molar-refractivity contribution in [3.05, 3.63) is 87.3 Å².